The summed E-state index contributed by atoms with van der Waals surface area (Å²) in [5, 5.41) is 7.35. The molecule has 0 saturated heterocycles. The van der Waals surface area contributed by atoms with Crippen LogP contribution in [0.1, 0.15) is 63.9 Å². The maximum absolute atomic E-state index is 13.1. The number of carbonyl (C=O) groups excluding carboxylic acids is 2. The van der Waals surface area contributed by atoms with Crippen molar-refractivity contribution in [2.24, 2.45) is 11.3 Å². The molecule has 4 rings (SSSR count). The Bertz CT molecular complexity index is 800. The van der Waals surface area contributed by atoms with Crippen LogP contribution in [-0.4, -0.2) is 17.9 Å². The summed E-state index contributed by atoms with van der Waals surface area (Å²) in [5.74, 6) is -0.961. The first-order valence-electron chi connectivity index (χ1n) is 9.80. The van der Waals surface area contributed by atoms with Crippen LogP contribution >= 0.6 is 11.3 Å². The van der Waals surface area contributed by atoms with E-state index in [1.807, 2.05) is 16.8 Å². The van der Waals surface area contributed by atoms with E-state index in [0.29, 0.717) is 12.1 Å². The van der Waals surface area contributed by atoms with Gasteiger partial charge in [0.15, 0.2) is 5.78 Å². The summed E-state index contributed by atoms with van der Waals surface area (Å²) in [4.78, 5) is 26.2. The second kappa shape index (κ2) is 6.93. The van der Waals surface area contributed by atoms with E-state index in [0.717, 1.165) is 48.9 Å². The fraction of sp³-hybridized carbons (Fsp3) is 0.545. The third-order valence-corrected chi connectivity index (χ3v) is 6.69. The molecule has 0 aromatic carbocycles. The van der Waals surface area contributed by atoms with Gasteiger partial charge >= 0.3 is 5.97 Å². The molecule has 1 fully saturated rings. The molecule has 0 radical (unpaired) electrons. The standard InChI is InChI=1S/C22H27NO3S/c1-13-18(21(25)26-15-6-4-5-7-15)19(14-8-9-27-12-14)20-16(23-13)10-22(2,3)11-17(20)24/h8-9,12,15,18-19,23H,1,4-7,10-11H2,2-3H3. The number of rotatable bonds is 3. The Balaban J connectivity index is 1.73. The molecule has 0 amide bonds. The van der Waals surface area contributed by atoms with Crippen molar-refractivity contribution < 1.29 is 14.3 Å². The van der Waals surface area contributed by atoms with Gasteiger partial charge in [-0.1, -0.05) is 20.4 Å². The van der Waals surface area contributed by atoms with Gasteiger partial charge in [0.25, 0.3) is 0 Å². The fourth-order valence-electron chi connectivity index (χ4n) is 4.78. The Labute approximate surface area is 164 Å². The Morgan fingerprint density at radius 3 is 2.70 bits per heavy atom. The lowest BCUT2D eigenvalue weighted by molar-refractivity contribution is -0.153. The van der Waals surface area contributed by atoms with Gasteiger partial charge in [-0.05, 0) is 59.9 Å². The molecule has 0 bridgehead atoms. The van der Waals surface area contributed by atoms with Crippen LogP contribution in [0.4, 0.5) is 0 Å². The van der Waals surface area contributed by atoms with Crippen LogP contribution in [0.15, 0.2) is 40.4 Å². The summed E-state index contributed by atoms with van der Waals surface area (Å²) in [6.45, 7) is 8.38. The SMILES string of the molecule is C=C1NC2=C(C(=O)CC(C)(C)C2)C(c2ccsc2)C1C(=O)OC1CCCC1. The van der Waals surface area contributed by atoms with E-state index in [2.05, 4.69) is 25.7 Å². The number of ketones is 1. The molecule has 2 heterocycles. The Hall–Kier alpha value is -1.88. The quantitative estimate of drug-likeness (QED) is 0.767. The summed E-state index contributed by atoms with van der Waals surface area (Å²) in [5.41, 5.74) is 3.27. The number of nitrogens with one attached hydrogen (secondary N) is 1. The first kappa shape index (κ1) is 18.5. The van der Waals surface area contributed by atoms with E-state index >= 15 is 0 Å². The molecule has 3 aliphatic rings. The van der Waals surface area contributed by atoms with E-state index in [9.17, 15) is 9.59 Å². The average Bonchev–Trinajstić information content (AvgIpc) is 3.25. The van der Waals surface area contributed by atoms with Crippen LogP contribution < -0.4 is 5.32 Å². The van der Waals surface area contributed by atoms with Crippen LogP contribution in [0.3, 0.4) is 0 Å². The van der Waals surface area contributed by atoms with Crippen LogP contribution in [0.25, 0.3) is 0 Å². The number of ether oxygens (including phenoxy) is 1. The molecule has 27 heavy (non-hydrogen) atoms. The predicted molar refractivity (Wildman–Crippen MR) is 106 cm³/mol. The molecule has 2 unspecified atom stereocenters. The van der Waals surface area contributed by atoms with Gasteiger partial charge in [-0.2, -0.15) is 11.3 Å². The molecular formula is C22H27NO3S. The lowest BCUT2D eigenvalue weighted by Crippen LogP contribution is -2.44. The van der Waals surface area contributed by atoms with Gasteiger partial charge in [-0.15, -0.1) is 0 Å². The summed E-state index contributed by atoms with van der Waals surface area (Å²) in [6, 6.07) is 2.02. The molecule has 1 aromatic heterocycles. The van der Waals surface area contributed by atoms with Crippen LogP contribution in [0, 0.1) is 11.3 Å². The molecule has 2 aliphatic carbocycles. The van der Waals surface area contributed by atoms with Crippen molar-refractivity contribution in [1.82, 2.24) is 5.32 Å². The smallest absolute Gasteiger partial charge is 0.316 e. The Morgan fingerprint density at radius 2 is 2.04 bits per heavy atom. The highest BCUT2D eigenvalue weighted by molar-refractivity contribution is 7.08. The summed E-state index contributed by atoms with van der Waals surface area (Å²) in [6.07, 6.45) is 5.38. The molecule has 5 heteroatoms. The number of carbonyl (C=O) groups is 2. The van der Waals surface area contributed by atoms with Gasteiger partial charge in [-0.3, -0.25) is 9.59 Å². The fourth-order valence-corrected chi connectivity index (χ4v) is 5.48. The number of Topliss-reactive ketones (excluding diaryl/α,β-unsaturated/α-hetero) is 1. The lowest BCUT2D eigenvalue weighted by Gasteiger charge is -2.42. The van der Waals surface area contributed by atoms with Gasteiger partial charge < -0.3 is 10.1 Å². The van der Waals surface area contributed by atoms with Gasteiger partial charge in [-0.25, -0.2) is 0 Å². The second-order valence-corrected chi connectivity index (χ2v) is 9.62. The lowest BCUT2D eigenvalue weighted by atomic mass is 9.67. The highest BCUT2D eigenvalue weighted by atomic mass is 32.1. The molecule has 1 aromatic rings. The molecular weight excluding hydrogens is 358 g/mol. The minimum absolute atomic E-state index is 0.00444. The Kier molecular flexibility index (Phi) is 4.75. The third kappa shape index (κ3) is 3.49. The molecule has 2 atom stereocenters. The molecule has 4 nitrogen and oxygen atoms in total. The second-order valence-electron chi connectivity index (χ2n) is 8.84. The van der Waals surface area contributed by atoms with Gasteiger partial charge in [0, 0.05) is 29.3 Å². The van der Waals surface area contributed by atoms with Crippen molar-refractivity contribution in [3.05, 3.63) is 45.9 Å². The zero-order valence-electron chi connectivity index (χ0n) is 16.0. The predicted octanol–water partition coefficient (Wildman–Crippen LogP) is 4.69. The minimum Gasteiger partial charge on any atom is -0.462 e. The first-order chi connectivity index (χ1) is 12.9. The van der Waals surface area contributed by atoms with Crippen LogP contribution in [0.5, 0.6) is 0 Å². The highest BCUT2D eigenvalue weighted by Gasteiger charge is 2.47. The van der Waals surface area contributed by atoms with E-state index < -0.39 is 5.92 Å². The van der Waals surface area contributed by atoms with E-state index in [1.54, 1.807) is 11.3 Å². The van der Waals surface area contributed by atoms with Crippen molar-refractivity contribution in [1.29, 1.82) is 0 Å². The van der Waals surface area contributed by atoms with Crippen LogP contribution in [-0.2, 0) is 14.3 Å². The minimum atomic E-state index is -0.552. The normalized spacial score (nSPS) is 28.1. The van der Waals surface area contributed by atoms with Crippen molar-refractivity contribution in [2.75, 3.05) is 0 Å². The van der Waals surface area contributed by atoms with E-state index in [4.69, 9.17) is 4.74 Å². The van der Waals surface area contributed by atoms with Gasteiger partial charge in [0.2, 0.25) is 0 Å². The molecule has 1 aliphatic heterocycles. The third-order valence-electron chi connectivity index (χ3n) is 5.99. The first-order valence-corrected chi connectivity index (χ1v) is 10.7. The topological polar surface area (TPSA) is 55.4 Å². The van der Waals surface area contributed by atoms with Crippen molar-refractivity contribution in [3.63, 3.8) is 0 Å². The van der Waals surface area contributed by atoms with Gasteiger partial charge in [0.1, 0.15) is 12.0 Å². The zero-order valence-corrected chi connectivity index (χ0v) is 16.9. The number of hydrogen-bond acceptors (Lipinski definition) is 5. The molecule has 1 saturated carbocycles. The van der Waals surface area contributed by atoms with E-state index in [-0.39, 0.29) is 29.2 Å². The van der Waals surface area contributed by atoms with Crippen molar-refractivity contribution in [2.45, 2.75) is 64.4 Å². The summed E-state index contributed by atoms with van der Waals surface area (Å²) in [7, 11) is 0. The molecule has 144 valence electrons. The number of esters is 1. The molecule has 1 N–H and O–H groups in total. The number of hydrogen-bond donors (Lipinski definition) is 1. The van der Waals surface area contributed by atoms with Crippen molar-refractivity contribution >= 4 is 23.1 Å². The molecule has 0 spiro atoms. The summed E-state index contributed by atoms with van der Waals surface area (Å²) < 4.78 is 5.84. The average molecular weight is 386 g/mol. The van der Waals surface area contributed by atoms with Crippen molar-refractivity contribution in [3.8, 4) is 0 Å². The van der Waals surface area contributed by atoms with Gasteiger partial charge in [0.05, 0.1) is 0 Å². The largest absolute Gasteiger partial charge is 0.462 e. The highest BCUT2D eigenvalue weighted by Crippen LogP contribution is 2.48. The summed E-state index contributed by atoms with van der Waals surface area (Å²) >= 11 is 1.59. The monoisotopic (exact) mass is 385 g/mol. The van der Waals surface area contributed by atoms with Crippen LogP contribution in [0.2, 0.25) is 0 Å². The maximum Gasteiger partial charge on any atom is 0.316 e. The Morgan fingerprint density at radius 1 is 1.30 bits per heavy atom. The maximum atomic E-state index is 13.1. The van der Waals surface area contributed by atoms with E-state index in [1.165, 1.54) is 0 Å². The number of allylic oxidation sites excluding steroid dienone is 2. The zero-order chi connectivity index (χ0) is 19.2. The number of thiophene rings is 1.